The number of carbonyl (C=O) groups is 1. The number of aryl methyl sites for hydroxylation is 1. The van der Waals surface area contributed by atoms with Crippen molar-refractivity contribution in [2.75, 3.05) is 20.8 Å². The van der Waals surface area contributed by atoms with Gasteiger partial charge in [-0.2, -0.15) is 10.1 Å². The van der Waals surface area contributed by atoms with Gasteiger partial charge in [0.1, 0.15) is 6.33 Å². The van der Waals surface area contributed by atoms with Crippen molar-refractivity contribution in [3.05, 3.63) is 47.1 Å². The molecule has 10 heteroatoms. The van der Waals surface area contributed by atoms with Crippen LogP contribution in [-0.2, 0) is 16.0 Å². The van der Waals surface area contributed by atoms with Crippen molar-refractivity contribution in [1.29, 1.82) is 0 Å². The molecule has 1 N–H and O–H groups in total. The quantitative estimate of drug-likeness (QED) is 0.628. The van der Waals surface area contributed by atoms with Gasteiger partial charge in [0.25, 0.3) is 0 Å². The second-order valence-electron chi connectivity index (χ2n) is 5.87. The van der Waals surface area contributed by atoms with Crippen LogP contribution in [0.25, 0.3) is 11.6 Å². The van der Waals surface area contributed by atoms with E-state index >= 15 is 0 Å². The number of halogens is 1. The summed E-state index contributed by atoms with van der Waals surface area (Å²) in [6.45, 7) is 0.375. The molecule has 0 aliphatic rings. The van der Waals surface area contributed by atoms with Gasteiger partial charge < -0.3 is 14.2 Å². The van der Waals surface area contributed by atoms with E-state index in [0.29, 0.717) is 35.6 Å². The van der Waals surface area contributed by atoms with E-state index in [-0.39, 0.29) is 18.4 Å². The maximum Gasteiger partial charge on any atom is 0.239 e. The normalized spacial score (nSPS) is 12.1. The Kier molecular flexibility index (Phi) is 6.15. The lowest BCUT2D eigenvalue weighted by Gasteiger charge is -2.28. The largest absolute Gasteiger partial charge is 0.382 e. The monoisotopic (exact) mass is 390 g/mol. The molecule has 0 fully saturated rings. The number of H-pyrrole nitrogens is 1. The summed E-state index contributed by atoms with van der Waals surface area (Å²) in [5, 5.41) is 10.9. The van der Waals surface area contributed by atoms with Crippen LogP contribution in [-0.4, -0.2) is 56.9 Å². The van der Waals surface area contributed by atoms with Gasteiger partial charge in [0, 0.05) is 32.0 Å². The molecule has 1 atom stereocenters. The predicted molar refractivity (Wildman–Crippen MR) is 96.8 cm³/mol. The number of aromatic nitrogens is 5. The summed E-state index contributed by atoms with van der Waals surface area (Å²) in [4.78, 5) is 22.5. The number of amides is 1. The highest BCUT2D eigenvalue weighted by atomic mass is 35.5. The zero-order chi connectivity index (χ0) is 19.2. The molecule has 0 aliphatic carbocycles. The Labute approximate surface area is 160 Å². The lowest BCUT2D eigenvalue weighted by atomic mass is 10.1. The molecule has 27 heavy (non-hydrogen) atoms. The minimum absolute atomic E-state index is 0.0635. The van der Waals surface area contributed by atoms with E-state index in [1.54, 1.807) is 31.2 Å². The van der Waals surface area contributed by atoms with Crippen molar-refractivity contribution in [3.8, 4) is 11.6 Å². The van der Waals surface area contributed by atoms with Crippen LogP contribution < -0.4 is 0 Å². The van der Waals surface area contributed by atoms with Gasteiger partial charge in [0.2, 0.25) is 17.6 Å². The maximum atomic E-state index is 12.6. The second kappa shape index (κ2) is 8.74. The van der Waals surface area contributed by atoms with Gasteiger partial charge in [0.15, 0.2) is 5.82 Å². The summed E-state index contributed by atoms with van der Waals surface area (Å²) in [7, 11) is 3.35. The van der Waals surface area contributed by atoms with Crippen molar-refractivity contribution in [1.82, 2.24) is 30.2 Å². The molecule has 0 saturated carbocycles. The predicted octanol–water partition coefficient (Wildman–Crippen LogP) is 2.29. The molecule has 3 aromatic rings. The summed E-state index contributed by atoms with van der Waals surface area (Å²) in [6.07, 6.45) is 1.91. The number of carbonyl (C=O) groups excluding carboxylic acids is 1. The van der Waals surface area contributed by atoms with E-state index in [4.69, 9.17) is 20.9 Å². The van der Waals surface area contributed by atoms with Crippen LogP contribution in [0.1, 0.15) is 23.9 Å². The molecule has 2 heterocycles. The van der Waals surface area contributed by atoms with Crippen molar-refractivity contribution < 1.29 is 14.1 Å². The van der Waals surface area contributed by atoms with E-state index in [1.807, 2.05) is 12.1 Å². The SMILES string of the molecule is COCC(c1ccc(Cl)cc1)N(C)C(=O)CCc1nc(-c2ncn[nH]2)no1. The summed E-state index contributed by atoms with van der Waals surface area (Å²) in [5.41, 5.74) is 0.947. The average molecular weight is 391 g/mol. The number of nitrogens with zero attached hydrogens (tertiary/aromatic N) is 5. The first-order valence-corrected chi connectivity index (χ1v) is 8.64. The molecule has 1 unspecified atom stereocenters. The number of likely N-dealkylation sites (N-methyl/N-ethyl adjacent to an activating group) is 1. The number of benzene rings is 1. The third kappa shape index (κ3) is 4.69. The molecule has 1 amide bonds. The molecule has 0 radical (unpaired) electrons. The maximum absolute atomic E-state index is 12.6. The first-order chi connectivity index (χ1) is 13.1. The Morgan fingerprint density at radius 1 is 1.37 bits per heavy atom. The van der Waals surface area contributed by atoms with Crippen molar-refractivity contribution in [2.45, 2.75) is 18.9 Å². The topological polar surface area (TPSA) is 110 Å². The first kappa shape index (κ1) is 19.0. The molecule has 0 bridgehead atoms. The Morgan fingerprint density at radius 2 is 2.15 bits per heavy atom. The molecule has 9 nitrogen and oxygen atoms in total. The van der Waals surface area contributed by atoms with Crippen molar-refractivity contribution >= 4 is 17.5 Å². The fourth-order valence-electron chi connectivity index (χ4n) is 2.60. The van der Waals surface area contributed by atoms with E-state index in [1.165, 1.54) is 6.33 Å². The van der Waals surface area contributed by atoms with Gasteiger partial charge in [-0.05, 0) is 17.7 Å². The second-order valence-corrected chi connectivity index (χ2v) is 6.31. The van der Waals surface area contributed by atoms with Crippen LogP contribution in [0.4, 0.5) is 0 Å². The molecule has 0 spiro atoms. The third-order valence-electron chi connectivity index (χ3n) is 4.09. The highest BCUT2D eigenvalue weighted by Crippen LogP contribution is 2.23. The van der Waals surface area contributed by atoms with Gasteiger partial charge >= 0.3 is 0 Å². The van der Waals surface area contributed by atoms with Crippen LogP contribution in [0.2, 0.25) is 5.02 Å². The van der Waals surface area contributed by atoms with Crippen molar-refractivity contribution in [3.63, 3.8) is 0 Å². The van der Waals surface area contributed by atoms with Crippen LogP contribution in [0.5, 0.6) is 0 Å². The molecule has 3 rings (SSSR count). The molecule has 2 aromatic heterocycles. The van der Waals surface area contributed by atoms with Crippen LogP contribution in [0, 0.1) is 0 Å². The van der Waals surface area contributed by atoms with E-state index < -0.39 is 0 Å². The molecule has 1 aromatic carbocycles. The highest BCUT2D eigenvalue weighted by molar-refractivity contribution is 6.30. The van der Waals surface area contributed by atoms with E-state index in [0.717, 1.165) is 5.56 Å². The molecule has 142 valence electrons. The Bertz CT molecular complexity index is 865. The zero-order valence-electron chi connectivity index (χ0n) is 14.9. The molecular formula is C17H19ClN6O3. The molecule has 0 aliphatic heterocycles. The third-order valence-corrected chi connectivity index (χ3v) is 4.34. The van der Waals surface area contributed by atoms with Gasteiger partial charge in [-0.1, -0.05) is 28.9 Å². The summed E-state index contributed by atoms with van der Waals surface area (Å²) in [5.74, 6) is 1.02. The average Bonchev–Trinajstić information content (AvgIpc) is 3.36. The summed E-state index contributed by atoms with van der Waals surface area (Å²) in [6, 6.07) is 7.14. The number of nitrogens with one attached hydrogen (secondary N) is 1. The number of rotatable bonds is 8. The van der Waals surface area contributed by atoms with Gasteiger partial charge in [-0.15, -0.1) is 0 Å². The number of methoxy groups -OCH3 is 1. The summed E-state index contributed by atoms with van der Waals surface area (Å²) >= 11 is 5.95. The minimum Gasteiger partial charge on any atom is -0.382 e. The van der Waals surface area contributed by atoms with Crippen LogP contribution in [0.15, 0.2) is 35.1 Å². The number of ether oxygens (including phenoxy) is 1. The highest BCUT2D eigenvalue weighted by Gasteiger charge is 2.22. The van der Waals surface area contributed by atoms with Crippen LogP contribution >= 0.6 is 11.6 Å². The van der Waals surface area contributed by atoms with Crippen molar-refractivity contribution in [2.24, 2.45) is 0 Å². The fourth-order valence-corrected chi connectivity index (χ4v) is 2.73. The van der Waals surface area contributed by atoms with E-state index in [9.17, 15) is 4.79 Å². The minimum atomic E-state index is -0.216. The number of aromatic amines is 1. The first-order valence-electron chi connectivity index (χ1n) is 8.27. The lowest BCUT2D eigenvalue weighted by molar-refractivity contribution is -0.133. The standard InChI is InChI=1S/C17H19ClN6O3/c1-24(13(9-26-2)11-3-5-12(18)6-4-11)15(25)8-7-14-21-17(23-27-14)16-19-10-20-22-16/h3-6,10,13H,7-9H2,1-2H3,(H,19,20,22). The van der Waals surface area contributed by atoms with E-state index in [2.05, 4.69) is 25.3 Å². The Hall–Kier alpha value is -2.78. The van der Waals surface area contributed by atoms with Gasteiger partial charge in [0.05, 0.1) is 12.6 Å². The summed E-state index contributed by atoms with van der Waals surface area (Å²) < 4.78 is 10.4. The lowest BCUT2D eigenvalue weighted by Crippen LogP contribution is -2.33. The van der Waals surface area contributed by atoms with Crippen LogP contribution in [0.3, 0.4) is 0 Å². The fraction of sp³-hybridized carbons (Fsp3) is 0.353. The molecular weight excluding hydrogens is 372 g/mol. The number of hydrogen-bond acceptors (Lipinski definition) is 7. The molecule has 0 saturated heterocycles. The Balaban J connectivity index is 1.62. The van der Waals surface area contributed by atoms with Gasteiger partial charge in [-0.25, -0.2) is 4.98 Å². The zero-order valence-corrected chi connectivity index (χ0v) is 15.7. The Morgan fingerprint density at radius 3 is 2.81 bits per heavy atom. The smallest absolute Gasteiger partial charge is 0.239 e. The number of hydrogen-bond donors (Lipinski definition) is 1. The van der Waals surface area contributed by atoms with Gasteiger partial charge in [-0.3, -0.25) is 9.89 Å².